The number of aromatic nitrogens is 2. The van der Waals surface area contributed by atoms with Crippen LogP contribution in [0.1, 0.15) is 25.8 Å². The highest BCUT2D eigenvalue weighted by Gasteiger charge is 2.30. The number of ether oxygens (including phenoxy) is 1. The lowest BCUT2D eigenvalue weighted by atomic mass is 10.1. The second-order valence-electron chi connectivity index (χ2n) is 4.99. The summed E-state index contributed by atoms with van der Waals surface area (Å²) in [5.41, 5.74) is 6.50. The Kier molecular flexibility index (Phi) is 5.32. The molecular formula is C14H23N5O2. The number of primary amides is 1. The normalized spacial score (nSPS) is 18.6. The van der Waals surface area contributed by atoms with Crippen molar-refractivity contribution in [2.24, 2.45) is 5.73 Å². The third-order valence-corrected chi connectivity index (χ3v) is 3.55. The summed E-state index contributed by atoms with van der Waals surface area (Å²) in [6.07, 6.45) is 3.33. The van der Waals surface area contributed by atoms with Crippen LogP contribution in [-0.2, 0) is 16.0 Å². The van der Waals surface area contributed by atoms with Gasteiger partial charge in [0.2, 0.25) is 5.91 Å². The second kappa shape index (κ2) is 7.21. The smallest absolute Gasteiger partial charge is 0.242 e. The number of nitrogens with two attached hydrogens (primary N) is 1. The van der Waals surface area contributed by atoms with Gasteiger partial charge in [0.1, 0.15) is 24.0 Å². The molecule has 1 aliphatic rings. The van der Waals surface area contributed by atoms with Gasteiger partial charge in [0.05, 0.1) is 13.2 Å². The van der Waals surface area contributed by atoms with Crippen molar-refractivity contribution in [3.05, 3.63) is 11.9 Å². The van der Waals surface area contributed by atoms with Crippen molar-refractivity contribution in [2.75, 3.05) is 36.5 Å². The molecule has 3 N–H and O–H groups in total. The van der Waals surface area contributed by atoms with Crippen LogP contribution in [0.2, 0.25) is 0 Å². The molecule has 0 saturated carbocycles. The quantitative estimate of drug-likeness (QED) is 0.795. The minimum absolute atomic E-state index is 0.306. The fourth-order valence-electron chi connectivity index (χ4n) is 2.46. The van der Waals surface area contributed by atoms with Crippen molar-refractivity contribution >= 4 is 17.5 Å². The summed E-state index contributed by atoms with van der Waals surface area (Å²) in [5.74, 6) is 1.22. The molecule has 1 aliphatic heterocycles. The van der Waals surface area contributed by atoms with E-state index in [1.54, 1.807) is 0 Å². The Morgan fingerprint density at radius 3 is 3.00 bits per heavy atom. The average molecular weight is 293 g/mol. The lowest BCUT2D eigenvalue weighted by Gasteiger charge is -2.35. The SMILES string of the molecule is CCCNc1ncnc(N2CCOCC2C(N)=O)c1CC. The fourth-order valence-corrected chi connectivity index (χ4v) is 2.46. The van der Waals surface area contributed by atoms with Gasteiger partial charge < -0.3 is 20.7 Å². The van der Waals surface area contributed by atoms with Crippen molar-refractivity contribution in [2.45, 2.75) is 32.7 Å². The number of carbonyl (C=O) groups excluding carboxylic acids is 1. The van der Waals surface area contributed by atoms with Crippen LogP contribution in [0.4, 0.5) is 11.6 Å². The number of rotatable bonds is 6. The van der Waals surface area contributed by atoms with Gasteiger partial charge in [-0.25, -0.2) is 9.97 Å². The Bertz CT molecular complexity index is 494. The number of amides is 1. The number of morpholine rings is 1. The fraction of sp³-hybridized carbons (Fsp3) is 0.643. The highest BCUT2D eigenvalue weighted by Crippen LogP contribution is 2.26. The van der Waals surface area contributed by atoms with E-state index in [1.807, 2.05) is 4.90 Å². The standard InChI is InChI=1S/C14H23N5O2/c1-3-5-16-13-10(4-2)14(18-9-17-13)19-6-7-21-8-11(19)12(15)20/h9,11H,3-8H2,1-2H3,(H2,15,20)(H,16,17,18). The van der Waals surface area contributed by atoms with Gasteiger partial charge in [-0.2, -0.15) is 0 Å². The van der Waals surface area contributed by atoms with Crippen molar-refractivity contribution in [3.63, 3.8) is 0 Å². The van der Waals surface area contributed by atoms with E-state index >= 15 is 0 Å². The molecule has 21 heavy (non-hydrogen) atoms. The molecule has 1 saturated heterocycles. The minimum atomic E-state index is -0.474. The average Bonchev–Trinajstić information content (AvgIpc) is 2.52. The summed E-state index contributed by atoms with van der Waals surface area (Å²) in [5, 5.41) is 3.31. The molecule has 7 heteroatoms. The maximum Gasteiger partial charge on any atom is 0.242 e. The van der Waals surface area contributed by atoms with Gasteiger partial charge in [0, 0.05) is 18.7 Å². The van der Waals surface area contributed by atoms with E-state index in [9.17, 15) is 4.79 Å². The van der Waals surface area contributed by atoms with Gasteiger partial charge >= 0.3 is 0 Å². The van der Waals surface area contributed by atoms with Crippen molar-refractivity contribution in [1.82, 2.24) is 9.97 Å². The van der Waals surface area contributed by atoms with E-state index < -0.39 is 11.9 Å². The molecule has 1 unspecified atom stereocenters. The molecule has 7 nitrogen and oxygen atoms in total. The Morgan fingerprint density at radius 2 is 2.33 bits per heavy atom. The molecule has 1 amide bonds. The Labute approximate surface area is 124 Å². The summed E-state index contributed by atoms with van der Waals surface area (Å²) in [4.78, 5) is 22.3. The van der Waals surface area contributed by atoms with Gasteiger partial charge in [0.25, 0.3) is 0 Å². The second-order valence-corrected chi connectivity index (χ2v) is 4.99. The van der Waals surface area contributed by atoms with E-state index in [2.05, 4.69) is 29.1 Å². The van der Waals surface area contributed by atoms with E-state index in [0.29, 0.717) is 19.8 Å². The monoisotopic (exact) mass is 293 g/mol. The summed E-state index contributed by atoms with van der Waals surface area (Å²) in [7, 11) is 0. The molecule has 1 atom stereocenters. The molecule has 0 aromatic carbocycles. The summed E-state index contributed by atoms with van der Waals surface area (Å²) in [6.45, 7) is 6.48. The summed E-state index contributed by atoms with van der Waals surface area (Å²) < 4.78 is 5.36. The number of nitrogens with zero attached hydrogens (tertiary/aromatic N) is 3. The maximum absolute atomic E-state index is 11.6. The molecule has 2 rings (SSSR count). The van der Waals surface area contributed by atoms with E-state index in [-0.39, 0.29) is 0 Å². The van der Waals surface area contributed by atoms with Crippen LogP contribution in [0.15, 0.2) is 6.33 Å². The molecule has 0 bridgehead atoms. The first kappa shape index (κ1) is 15.5. The number of hydrogen-bond acceptors (Lipinski definition) is 6. The lowest BCUT2D eigenvalue weighted by Crippen LogP contribution is -2.53. The molecule has 2 heterocycles. The zero-order valence-corrected chi connectivity index (χ0v) is 12.6. The van der Waals surface area contributed by atoms with Crippen molar-refractivity contribution < 1.29 is 9.53 Å². The van der Waals surface area contributed by atoms with Crippen LogP contribution in [0.25, 0.3) is 0 Å². The van der Waals surface area contributed by atoms with Gasteiger partial charge in [-0.15, -0.1) is 0 Å². The third-order valence-electron chi connectivity index (χ3n) is 3.55. The zero-order chi connectivity index (χ0) is 15.2. The summed E-state index contributed by atoms with van der Waals surface area (Å²) >= 11 is 0. The van der Waals surface area contributed by atoms with Crippen LogP contribution in [-0.4, -0.2) is 48.2 Å². The lowest BCUT2D eigenvalue weighted by molar-refractivity contribution is -0.121. The third kappa shape index (κ3) is 3.41. The predicted molar refractivity (Wildman–Crippen MR) is 81.3 cm³/mol. The number of anilines is 2. The number of nitrogens with one attached hydrogen (secondary N) is 1. The van der Waals surface area contributed by atoms with Gasteiger partial charge in [-0.3, -0.25) is 4.79 Å². The van der Waals surface area contributed by atoms with Crippen LogP contribution in [0, 0.1) is 0 Å². The highest BCUT2D eigenvalue weighted by atomic mass is 16.5. The number of hydrogen-bond donors (Lipinski definition) is 2. The van der Waals surface area contributed by atoms with Crippen molar-refractivity contribution in [1.29, 1.82) is 0 Å². The first-order valence-corrected chi connectivity index (χ1v) is 7.40. The Hall–Kier alpha value is -1.89. The first-order valence-electron chi connectivity index (χ1n) is 7.40. The van der Waals surface area contributed by atoms with Gasteiger partial charge in [-0.05, 0) is 12.8 Å². The number of carbonyl (C=O) groups is 1. The van der Waals surface area contributed by atoms with Gasteiger partial charge in [-0.1, -0.05) is 13.8 Å². The molecular weight excluding hydrogens is 270 g/mol. The molecule has 1 aromatic rings. The van der Waals surface area contributed by atoms with Crippen LogP contribution >= 0.6 is 0 Å². The Balaban J connectivity index is 2.34. The molecule has 1 fully saturated rings. The molecule has 0 aliphatic carbocycles. The van der Waals surface area contributed by atoms with E-state index in [0.717, 1.165) is 36.6 Å². The van der Waals surface area contributed by atoms with Crippen molar-refractivity contribution in [3.8, 4) is 0 Å². The minimum Gasteiger partial charge on any atom is -0.377 e. The van der Waals surface area contributed by atoms with Crippen LogP contribution in [0.3, 0.4) is 0 Å². The van der Waals surface area contributed by atoms with Crippen LogP contribution in [0.5, 0.6) is 0 Å². The largest absolute Gasteiger partial charge is 0.377 e. The topological polar surface area (TPSA) is 93.4 Å². The van der Waals surface area contributed by atoms with Crippen LogP contribution < -0.4 is 16.0 Å². The molecule has 116 valence electrons. The van der Waals surface area contributed by atoms with Gasteiger partial charge in [0.15, 0.2) is 0 Å². The zero-order valence-electron chi connectivity index (χ0n) is 12.6. The van der Waals surface area contributed by atoms with E-state index in [4.69, 9.17) is 10.5 Å². The molecule has 1 aromatic heterocycles. The maximum atomic E-state index is 11.6. The highest BCUT2D eigenvalue weighted by molar-refractivity contribution is 5.84. The predicted octanol–water partition coefficient (Wildman–Crippen LogP) is 0.551. The first-order chi connectivity index (χ1) is 10.2. The Morgan fingerprint density at radius 1 is 1.52 bits per heavy atom. The molecule has 0 radical (unpaired) electrons. The molecule has 0 spiro atoms. The summed E-state index contributed by atoms with van der Waals surface area (Å²) in [6, 6.07) is -0.474. The van der Waals surface area contributed by atoms with E-state index in [1.165, 1.54) is 6.33 Å².